The summed E-state index contributed by atoms with van der Waals surface area (Å²) in [5.41, 5.74) is 2.10. The van der Waals surface area contributed by atoms with Gasteiger partial charge in [0.1, 0.15) is 0 Å². The lowest BCUT2D eigenvalue weighted by Crippen LogP contribution is -2.37. The highest BCUT2D eigenvalue weighted by Gasteiger charge is 2.28. The van der Waals surface area contributed by atoms with E-state index in [2.05, 4.69) is 19.9 Å². The van der Waals surface area contributed by atoms with Crippen LogP contribution in [0.5, 0.6) is 0 Å². The molecule has 0 radical (unpaired) electrons. The van der Waals surface area contributed by atoms with E-state index in [4.69, 9.17) is 5.26 Å². The fourth-order valence-electron chi connectivity index (χ4n) is 3.40. The average molecular weight is 408 g/mol. The van der Waals surface area contributed by atoms with Crippen molar-refractivity contribution < 1.29 is 8.42 Å². The van der Waals surface area contributed by atoms with E-state index in [0.29, 0.717) is 25.1 Å². The lowest BCUT2D eigenvalue weighted by molar-refractivity contribution is 0.320. The van der Waals surface area contributed by atoms with Crippen LogP contribution >= 0.6 is 0 Å². The van der Waals surface area contributed by atoms with E-state index in [1.807, 2.05) is 42.6 Å². The standard InChI is InChI=1S/C20H20N6O2S/c21-12-16-5-4-8-20(11-16)29(27,28)23-17-9-10-25(13-17)14-18-15-26(24-22-18)19-6-2-1-3-7-19/h1-8,11,15,17,23H,9-10,13-14H2/t17-/m1/s1. The fraction of sp³-hybridized carbons (Fsp3) is 0.250. The molecule has 0 aliphatic carbocycles. The fourth-order valence-corrected chi connectivity index (χ4v) is 4.71. The summed E-state index contributed by atoms with van der Waals surface area (Å²) in [4.78, 5) is 2.26. The number of aromatic nitrogens is 3. The van der Waals surface area contributed by atoms with E-state index in [1.165, 1.54) is 12.1 Å². The maximum Gasteiger partial charge on any atom is 0.240 e. The van der Waals surface area contributed by atoms with Crippen molar-refractivity contribution in [2.75, 3.05) is 13.1 Å². The molecular weight excluding hydrogens is 388 g/mol. The van der Waals surface area contributed by atoms with Crippen LogP contribution in [0.1, 0.15) is 17.7 Å². The number of rotatable bonds is 6. The quantitative estimate of drug-likeness (QED) is 0.666. The highest BCUT2D eigenvalue weighted by Crippen LogP contribution is 2.17. The van der Waals surface area contributed by atoms with Crippen molar-refractivity contribution in [1.82, 2.24) is 24.6 Å². The van der Waals surface area contributed by atoms with E-state index >= 15 is 0 Å². The molecular formula is C20H20N6O2S. The number of likely N-dealkylation sites (tertiary alicyclic amines) is 1. The van der Waals surface area contributed by atoms with Gasteiger partial charge in [-0.15, -0.1) is 5.10 Å². The number of para-hydroxylation sites is 1. The summed E-state index contributed by atoms with van der Waals surface area (Å²) in [6.45, 7) is 1.97. The normalized spacial score (nSPS) is 17.3. The summed E-state index contributed by atoms with van der Waals surface area (Å²) in [6, 6.07) is 17.6. The molecule has 0 saturated carbocycles. The minimum atomic E-state index is -3.66. The third-order valence-electron chi connectivity index (χ3n) is 4.81. The van der Waals surface area contributed by atoms with Crippen LogP contribution in [0.3, 0.4) is 0 Å². The van der Waals surface area contributed by atoms with Crippen molar-refractivity contribution in [3.05, 3.63) is 72.1 Å². The number of nitriles is 1. The molecule has 1 aliphatic rings. The van der Waals surface area contributed by atoms with E-state index in [-0.39, 0.29) is 10.9 Å². The SMILES string of the molecule is N#Cc1cccc(S(=O)(=O)N[C@@H]2CCN(Cc3cn(-c4ccccc4)nn3)C2)c1. The molecule has 1 N–H and O–H groups in total. The molecule has 2 aromatic carbocycles. The Morgan fingerprint density at radius 1 is 1.17 bits per heavy atom. The summed E-state index contributed by atoms with van der Waals surface area (Å²) in [7, 11) is -3.66. The third kappa shape index (κ3) is 4.51. The Morgan fingerprint density at radius 3 is 2.79 bits per heavy atom. The predicted octanol–water partition coefficient (Wildman–Crippen LogP) is 1.69. The van der Waals surface area contributed by atoms with Crippen LogP contribution in [0.2, 0.25) is 0 Å². The Kier molecular flexibility index (Phi) is 5.40. The maximum absolute atomic E-state index is 12.6. The van der Waals surface area contributed by atoms with Gasteiger partial charge < -0.3 is 0 Å². The van der Waals surface area contributed by atoms with Crippen LogP contribution in [0.4, 0.5) is 0 Å². The molecule has 0 bridgehead atoms. The van der Waals surface area contributed by atoms with Gasteiger partial charge >= 0.3 is 0 Å². The largest absolute Gasteiger partial charge is 0.296 e. The van der Waals surface area contributed by atoms with Gasteiger partial charge in [0.25, 0.3) is 0 Å². The molecule has 4 rings (SSSR count). The molecule has 2 heterocycles. The Labute approximate surface area is 169 Å². The molecule has 29 heavy (non-hydrogen) atoms. The van der Waals surface area contributed by atoms with Crippen LogP contribution < -0.4 is 4.72 Å². The van der Waals surface area contributed by atoms with Crippen molar-refractivity contribution in [2.24, 2.45) is 0 Å². The molecule has 1 saturated heterocycles. The minimum Gasteiger partial charge on any atom is -0.296 e. The van der Waals surface area contributed by atoms with Crippen LogP contribution in [0.15, 0.2) is 65.7 Å². The summed E-state index contributed by atoms with van der Waals surface area (Å²) >= 11 is 0. The van der Waals surface area contributed by atoms with Gasteiger partial charge in [-0.3, -0.25) is 4.90 Å². The maximum atomic E-state index is 12.6. The van der Waals surface area contributed by atoms with Gasteiger partial charge in [-0.1, -0.05) is 29.5 Å². The average Bonchev–Trinajstić information content (AvgIpc) is 3.38. The topological polar surface area (TPSA) is 104 Å². The van der Waals surface area contributed by atoms with Gasteiger partial charge in [0, 0.05) is 25.7 Å². The first kappa shape index (κ1) is 19.3. The second-order valence-corrected chi connectivity index (χ2v) is 8.69. The Bertz CT molecular complexity index is 1140. The molecule has 0 unspecified atom stereocenters. The molecule has 1 fully saturated rings. The zero-order valence-electron chi connectivity index (χ0n) is 15.6. The molecule has 8 nitrogen and oxygen atoms in total. The monoisotopic (exact) mass is 408 g/mol. The minimum absolute atomic E-state index is 0.112. The molecule has 1 aromatic heterocycles. The number of sulfonamides is 1. The van der Waals surface area contributed by atoms with Gasteiger partial charge in [-0.2, -0.15) is 5.26 Å². The van der Waals surface area contributed by atoms with Crippen molar-refractivity contribution in [1.29, 1.82) is 5.26 Å². The Balaban J connectivity index is 1.37. The first-order chi connectivity index (χ1) is 14.0. The number of benzene rings is 2. The van der Waals surface area contributed by atoms with Crippen LogP contribution in [-0.4, -0.2) is 47.4 Å². The molecule has 1 aliphatic heterocycles. The van der Waals surface area contributed by atoms with Crippen LogP contribution in [0, 0.1) is 11.3 Å². The van der Waals surface area contributed by atoms with E-state index in [1.54, 1.807) is 16.8 Å². The number of hydrogen-bond donors (Lipinski definition) is 1. The third-order valence-corrected chi connectivity index (χ3v) is 6.33. The summed E-state index contributed by atoms with van der Waals surface area (Å²) < 4.78 is 29.7. The molecule has 148 valence electrons. The van der Waals surface area contributed by atoms with Crippen molar-refractivity contribution in [3.63, 3.8) is 0 Å². The number of hydrogen-bond acceptors (Lipinski definition) is 6. The summed E-state index contributed by atoms with van der Waals surface area (Å²) in [5.74, 6) is 0. The van der Waals surface area contributed by atoms with Gasteiger partial charge in [-0.05, 0) is 36.8 Å². The zero-order valence-corrected chi connectivity index (χ0v) is 16.5. The highest BCUT2D eigenvalue weighted by atomic mass is 32.2. The van der Waals surface area contributed by atoms with E-state index in [9.17, 15) is 8.42 Å². The molecule has 0 amide bonds. The lowest BCUT2D eigenvalue weighted by Gasteiger charge is -2.15. The molecule has 9 heteroatoms. The molecule has 0 spiro atoms. The van der Waals surface area contributed by atoms with Crippen molar-refractivity contribution in [3.8, 4) is 11.8 Å². The second kappa shape index (κ2) is 8.13. The van der Waals surface area contributed by atoms with Crippen LogP contribution in [-0.2, 0) is 16.6 Å². The number of nitrogens with zero attached hydrogens (tertiary/aromatic N) is 5. The van der Waals surface area contributed by atoms with E-state index < -0.39 is 10.0 Å². The first-order valence-corrected chi connectivity index (χ1v) is 10.7. The Hall–Kier alpha value is -3.06. The Morgan fingerprint density at radius 2 is 2.00 bits per heavy atom. The van der Waals surface area contributed by atoms with Crippen molar-refractivity contribution >= 4 is 10.0 Å². The van der Waals surface area contributed by atoms with Crippen molar-refractivity contribution in [2.45, 2.75) is 23.9 Å². The van der Waals surface area contributed by atoms with E-state index in [0.717, 1.165) is 17.9 Å². The number of nitrogens with one attached hydrogen (secondary N) is 1. The van der Waals surface area contributed by atoms with Gasteiger partial charge in [0.2, 0.25) is 10.0 Å². The van der Waals surface area contributed by atoms with Gasteiger partial charge in [0.05, 0.1) is 34.1 Å². The smallest absolute Gasteiger partial charge is 0.240 e. The predicted molar refractivity (Wildman–Crippen MR) is 107 cm³/mol. The van der Waals surface area contributed by atoms with Crippen LogP contribution in [0.25, 0.3) is 5.69 Å². The first-order valence-electron chi connectivity index (χ1n) is 9.25. The molecule has 1 atom stereocenters. The second-order valence-electron chi connectivity index (χ2n) is 6.97. The molecule has 3 aromatic rings. The summed E-state index contributed by atoms with van der Waals surface area (Å²) in [5, 5.41) is 17.4. The lowest BCUT2D eigenvalue weighted by atomic mass is 10.2. The highest BCUT2D eigenvalue weighted by molar-refractivity contribution is 7.89. The zero-order chi connectivity index (χ0) is 20.3. The van der Waals surface area contributed by atoms with Gasteiger partial charge in [-0.25, -0.2) is 17.8 Å². The van der Waals surface area contributed by atoms with Gasteiger partial charge in [0.15, 0.2) is 0 Å². The summed E-state index contributed by atoms with van der Waals surface area (Å²) in [6.07, 6.45) is 2.60.